The molecule has 2 aliphatic rings. The first-order chi connectivity index (χ1) is 15.6. The molecule has 1 N–H and O–H groups in total. The van der Waals surface area contributed by atoms with Crippen molar-refractivity contribution >= 4 is 34.8 Å². The third-order valence-corrected chi connectivity index (χ3v) is 6.60. The molecule has 0 spiro atoms. The van der Waals surface area contributed by atoms with Crippen molar-refractivity contribution in [3.8, 4) is 11.8 Å². The fourth-order valence-corrected chi connectivity index (χ4v) is 5.12. The van der Waals surface area contributed by atoms with Crippen LogP contribution in [0.2, 0.25) is 10.2 Å². The molecule has 0 amide bonds. The van der Waals surface area contributed by atoms with Gasteiger partial charge >= 0.3 is 6.01 Å². The molecule has 1 aliphatic carbocycles. The predicted molar refractivity (Wildman–Crippen MR) is 125 cm³/mol. The van der Waals surface area contributed by atoms with Crippen LogP contribution in [0.3, 0.4) is 0 Å². The van der Waals surface area contributed by atoms with Gasteiger partial charge in [0, 0.05) is 36.8 Å². The lowest BCUT2D eigenvalue weighted by Crippen LogP contribution is -2.48. The molecule has 2 fully saturated rings. The third kappa shape index (κ3) is 4.47. The molecule has 2 aromatic heterocycles. The average Bonchev–Trinajstić information content (AvgIpc) is 3.23. The lowest BCUT2D eigenvalue weighted by atomic mass is 9.92. The average molecular weight is 474 g/mol. The molecule has 168 valence electrons. The van der Waals surface area contributed by atoms with Gasteiger partial charge < -0.3 is 15.0 Å². The normalized spacial score (nSPS) is 22.2. The van der Waals surface area contributed by atoms with Crippen molar-refractivity contribution in [1.82, 2.24) is 25.0 Å². The lowest BCUT2D eigenvalue weighted by Gasteiger charge is -2.39. The third-order valence-electron chi connectivity index (χ3n) is 6.18. The van der Waals surface area contributed by atoms with Crippen LogP contribution in [0.4, 0.5) is 11.6 Å². The van der Waals surface area contributed by atoms with E-state index in [0.29, 0.717) is 45.8 Å². The smallest absolute Gasteiger partial charge is 0.322 e. The number of rotatable bonds is 7. The number of anilines is 2. The number of aromatic nitrogens is 5. The van der Waals surface area contributed by atoms with Crippen molar-refractivity contribution in [2.45, 2.75) is 38.8 Å². The maximum absolute atomic E-state index is 6.10. The number of piperidine rings is 1. The first-order valence-electron chi connectivity index (χ1n) is 11.0. The van der Waals surface area contributed by atoms with Crippen molar-refractivity contribution < 1.29 is 4.74 Å². The zero-order valence-corrected chi connectivity index (χ0v) is 19.3. The molecule has 10 heteroatoms. The molecule has 1 aromatic carbocycles. The number of ether oxygens (including phenoxy) is 1. The van der Waals surface area contributed by atoms with Gasteiger partial charge in [0.2, 0.25) is 5.95 Å². The molecule has 32 heavy (non-hydrogen) atoms. The highest BCUT2D eigenvalue weighted by Crippen LogP contribution is 2.40. The fraction of sp³-hybridized carbons (Fsp3) is 0.455. The number of fused-ring (bicyclic) bond motifs is 2. The minimum Gasteiger partial charge on any atom is -0.424 e. The van der Waals surface area contributed by atoms with E-state index in [0.717, 1.165) is 31.7 Å². The van der Waals surface area contributed by atoms with E-state index in [1.54, 1.807) is 12.3 Å². The largest absolute Gasteiger partial charge is 0.424 e. The molecule has 1 aliphatic heterocycles. The minimum atomic E-state index is 0.327. The summed E-state index contributed by atoms with van der Waals surface area (Å²) in [5.41, 5.74) is 1.03. The Bertz CT molecular complexity index is 1080. The van der Waals surface area contributed by atoms with E-state index in [2.05, 4.69) is 37.4 Å². The molecule has 3 heterocycles. The van der Waals surface area contributed by atoms with Crippen LogP contribution >= 0.6 is 23.2 Å². The van der Waals surface area contributed by atoms with Crippen molar-refractivity contribution in [2.24, 2.45) is 11.8 Å². The van der Waals surface area contributed by atoms with E-state index in [4.69, 9.17) is 27.9 Å². The van der Waals surface area contributed by atoms with Gasteiger partial charge in [-0.15, -0.1) is 10.2 Å². The van der Waals surface area contributed by atoms with Gasteiger partial charge in [0.25, 0.3) is 0 Å². The van der Waals surface area contributed by atoms with Gasteiger partial charge in [0.05, 0.1) is 11.9 Å². The number of benzene rings is 1. The summed E-state index contributed by atoms with van der Waals surface area (Å²) in [5.74, 6) is 2.25. The maximum Gasteiger partial charge on any atom is 0.322 e. The van der Waals surface area contributed by atoms with Gasteiger partial charge in [-0.05, 0) is 49.3 Å². The van der Waals surface area contributed by atoms with E-state index < -0.39 is 0 Å². The number of halogens is 2. The zero-order chi connectivity index (χ0) is 22.1. The Morgan fingerprint density at radius 1 is 1.16 bits per heavy atom. The second-order valence-electron chi connectivity index (χ2n) is 8.41. The summed E-state index contributed by atoms with van der Waals surface area (Å²) in [6, 6.07) is 9.99. The van der Waals surface area contributed by atoms with Gasteiger partial charge in [0.15, 0.2) is 5.15 Å². The van der Waals surface area contributed by atoms with E-state index in [1.165, 1.54) is 12.8 Å². The second kappa shape index (κ2) is 9.11. The summed E-state index contributed by atoms with van der Waals surface area (Å²) < 4.78 is 7.81. The number of nitrogens with one attached hydrogen (secondary N) is 1. The molecular weight excluding hydrogens is 449 g/mol. The summed E-state index contributed by atoms with van der Waals surface area (Å²) >= 11 is 12.1. The van der Waals surface area contributed by atoms with E-state index >= 15 is 0 Å². The Balaban J connectivity index is 1.31. The molecular formula is C22H25Cl2N7O. The first kappa shape index (κ1) is 21.3. The van der Waals surface area contributed by atoms with Gasteiger partial charge in [-0.25, -0.2) is 4.68 Å². The molecule has 3 aromatic rings. The molecule has 1 saturated carbocycles. The lowest BCUT2D eigenvalue weighted by molar-refractivity contribution is 0.376. The number of nitrogens with zero attached hydrogens (tertiary/aromatic N) is 6. The van der Waals surface area contributed by atoms with Crippen LogP contribution < -0.4 is 15.0 Å². The van der Waals surface area contributed by atoms with Crippen LogP contribution in [0, 0.1) is 11.8 Å². The monoisotopic (exact) mass is 473 g/mol. The van der Waals surface area contributed by atoms with Crippen LogP contribution in [0.5, 0.6) is 11.8 Å². The summed E-state index contributed by atoms with van der Waals surface area (Å²) in [6.45, 7) is 4.72. The summed E-state index contributed by atoms with van der Waals surface area (Å²) in [5, 5.41) is 17.2. The topological polar surface area (TPSA) is 81.0 Å². The zero-order valence-electron chi connectivity index (χ0n) is 17.8. The Hall–Kier alpha value is -2.58. The molecule has 3 atom stereocenters. The summed E-state index contributed by atoms with van der Waals surface area (Å²) in [7, 11) is 0. The molecule has 1 saturated heterocycles. The molecule has 2 bridgehead atoms. The van der Waals surface area contributed by atoms with Gasteiger partial charge in [-0.2, -0.15) is 10.1 Å². The minimum absolute atomic E-state index is 0.327. The fourth-order valence-electron chi connectivity index (χ4n) is 4.78. The molecule has 1 unspecified atom stereocenters. The standard InChI is InChI=1S/C22H25Cl2N7O/c1-2-8-31-22(32-18-5-3-4-16(23)9-18)27-21(29-31)26-20-14-6-7-15(20)13-30(12-14)17-10-19(24)28-25-11-17/h3-5,9-11,14-15,20H,2,6-8,12-13H2,1H3,(H,26,29)/t14-,15+,20?. The van der Waals surface area contributed by atoms with Crippen LogP contribution in [0.15, 0.2) is 36.5 Å². The molecule has 0 radical (unpaired) electrons. The van der Waals surface area contributed by atoms with Gasteiger partial charge in [-0.1, -0.05) is 36.2 Å². The highest BCUT2D eigenvalue weighted by atomic mass is 35.5. The number of aryl methyl sites for hydroxylation is 1. The Morgan fingerprint density at radius 2 is 1.97 bits per heavy atom. The van der Waals surface area contributed by atoms with Crippen LogP contribution in [0.1, 0.15) is 26.2 Å². The highest BCUT2D eigenvalue weighted by Gasteiger charge is 2.42. The molecule has 8 nitrogen and oxygen atoms in total. The van der Waals surface area contributed by atoms with E-state index in [9.17, 15) is 0 Å². The van der Waals surface area contributed by atoms with Crippen molar-refractivity contribution in [2.75, 3.05) is 23.3 Å². The Labute approximate surface area is 196 Å². The predicted octanol–water partition coefficient (Wildman–Crippen LogP) is 4.90. The maximum atomic E-state index is 6.10. The van der Waals surface area contributed by atoms with E-state index in [1.807, 2.05) is 28.9 Å². The molecule has 5 rings (SSSR count). The highest BCUT2D eigenvalue weighted by molar-refractivity contribution is 6.30. The van der Waals surface area contributed by atoms with Crippen LogP contribution in [-0.4, -0.2) is 44.1 Å². The van der Waals surface area contributed by atoms with Crippen LogP contribution in [-0.2, 0) is 6.54 Å². The second-order valence-corrected chi connectivity index (χ2v) is 9.23. The summed E-state index contributed by atoms with van der Waals surface area (Å²) in [4.78, 5) is 7.02. The Kier molecular flexibility index (Phi) is 6.06. The van der Waals surface area contributed by atoms with Crippen molar-refractivity contribution in [3.63, 3.8) is 0 Å². The van der Waals surface area contributed by atoms with Crippen molar-refractivity contribution in [1.29, 1.82) is 0 Å². The van der Waals surface area contributed by atoms with Gasteiger partial charge in [-0.3, -0.25) is 0 Å². The quantitative estimate of drug-likeness (QED) is 0.522. The number of hydrogen-bond acceptors (Lipinski definition) is 7. The number of hydrogen-bond donors (Lipinski definition) is 1. The first-order valence-corrected chi connectivity index (χ1v) is 11.7. The van der Waals surface area contributed by atoms with Crippen molar-refractivity contribution in [3.05, 3.63) is 46.7 Å². The SMILES string of the molecule is CCCn1nc(NC2[C@@H]3CC[C@H]2CN(c2cnnc(Cl)c2)C3)nc1Oc1cccc(Cl)c1. The van der Waals surface area contributed by atoms with E-state index in [-0.39, 0.29) is 0 Å². The van der Waals surface area contributed by atoms with Crippen LogP contribution in [0.25, 0.3) is 0 Å². The van der Waals surface area contributed by atoms with Gasteiger partial charge in [0.1, 0.15) is 5.75 Å². The summed E-state index contributed by atoms with van der Waals surface area (Å²) in [6.07, 6.45) is 5.06. The Morgan fingerprint density at radius 3 is 2.69 bits per heavy atom.